The summed E-state index contributed by atoms with van der Waals surface area (Å²) in [6.07, 6.45) is 8.41. The minimum Gasteiger partial charge on any atom is -0.381 e. The Morgan fingerprint density at radius 3 is 2.85 bits per heavy atom. The number of halogens is 1. The van der Waals surface area contributed by atoms with Gasteiger partial charge >= 0.3 is 0 Å². The largest absolute Gasteiger partial charge is 0.381 e. The first kappa shape index (κ1) is 17.1. The zero-order chi connectivity index (χ0) is 17.8. The van der Waals surface area contributed by atoms with Crippen molar-refractivity contribution in [3.63, 3.8) is 0 Å². The number of aromatic nitrogens is 5. The molecule has 0 radical (unpaired) electrons. The quantitative estimate of drug-likeness (QED) is 0.691. The third-order valence-corrected chi connectivity index (χ3v) is 5.26. The Morgan fingerprint density at radius 2 is 2.08 bits per heavy atom. The molecule has 1 aromatic carbocycles. The molecule has 4 rings (SSSR count). The number of rotatable bonds is 5. The summed E-state index contributed by atoms with van der Waals surface area (Å²) in [5.74, 6) is 1.36. The van der Waals surface area contributed by atoms with Gasteiger partial charge in [0.05, 0.1) is 12.4 Å². The van der Waals surface area contributed by atoms with Crippen LogP contribution in [0.25, 0.3) is 5.82 Å². The van der Waals surface area contributed by atoms with Crippen LogP contribution in [-0.2, 0) is 10.2 Å². The van der Waals surface area contributed by atoms with Crippen LogP contribution >= 0.6 is 15.9 Å². The molecule has 0 amide bonds. The first-order valence-electron chi connectivity index (χ1n) is 8.50. The molecule has 26 heavy (non-hydrogen) atoms. The first-order valence-corrected chi connectivity index (χ1v) is 9.29. The topological polar surface area (TPSA) is 77.8 Å². The Labute approximate surface area is 160 Å². The normalized spacial score (nSPS) is 16.3. The molecule has 3 aromatic rings. The molecule has 2 aromatic heterocycles. The molecule has 8 heteroatoms. The van der Waals surface area contributed by atoms with Gasteiger partial charge in [0.25, 0.3) is 0 Å². The van der Waals surface area contributed by atoms with Crippen molar-refractivity contribution in [2.75, 3.05) is 25.1 Å². The van der Waals surface area contributed by atoms with Crippen molar-refractivity contribution in [2.24, 2.45) is 0 Å². The van der Waals surface area contributed by atoms with Gasteiger partial charge in [0.15, 0.2) is 5.82 Å². The van der Waals surface area contributed by atoms with Gasteiger partial charge in [-0.05, 0) is 30.5 Å². The average molecular weight is 415 g/mol. The van der Waals surface area contributed by atoms with E-state index in [4.69, 9.17) is 4.74 Å². The van der Waals surface area contributed by atoms with Crippen molar-refractivity contribution in [3.05, 3.63) is 59.3 Å². The van der Waals surface area contributed by atoms with E-state index in [9.17, 15) is 0 Å². The Hall–Kier alpha value is -2.32. The van der Waals surface area contributed by atoms with Crippen LogP contribution in [0.15, 0.2) is 53.8 Å². The minimum atomic E-state index is 0.00691. The number of anilines is 1. The van der Waals surface area contributed by atoms with E-state index in [0.717, 1.165) is 42.9 Å². The second kappa shape index (κ2) is 7.51. The van der Waals surface area contributed by atoms with Crippen LogP contribution in [0.3, 0.4) is 0 Å². The van der Waals surface area contributed by atoms with E-state index in [1.54, 1.807) is 23.4 Å². The van der Waals surface area contributed by atoms with Crippen molar-refractivity contribution < 1.29 is 4.74 Å². The molecule has 0 spiro atoms. The van der Waals surface area contributed by atoms with E-state index in [0.29, 0.717) is 5.82 Å². The average Bonchev–Trinajstić information content (AvgIpc) is 3.22. The highest BCUT2D eigenvalue weighted by Gasteiger charge is 2.34. The molecule has 0 bridgehead atoms. The fraction of sp³-hybridized carbons (Fsp3) is 0.333. The van der Waals surface area contributed by atoms with E-state index < -0.39 is 0 Å². The van der Waals surface area contributed by atoms with Gasteiger partial charge in [-0.1, -0.05) is 28.1 Å². The third kappa shape index (κ3) is 3.61. The van der Waals surface area contributed by atoms with Crippen LogP contribution in [0.2, 0.25) is 0 Å². The van der Waals surface area contributed by atoms with Gasteiger partial charge in [-0.2, -0.15) is 5.10 Å². The molecule has 134 valence electrons. The fourth-order valence-corrected chi connectivity index (χ4v) is 3.68. The lowest BCUT2D eigenvalue weighted by atomic mass is 9.74. The molecular formula is C18H19BrN6O. The maximum atomic E-state index is 5.61. The number of nitrogens with zero attached hydrogens (tertiary/aromatic N) is 5. The summed E-state index contributed by atoms with van der Waals surface area (Å²) in [5.41, 5.74) is 1.32. The smallest absolute Gasteiger partial charge is 0.175 e. The van der Waals surface area contributed by atoms with E-state index in [-0.39, 0.29) is 5.41 Å². The molecule has 0 unspecified atom stereocenters. The maximum absolute atomic E-state index is 5.61. The van der Waals surface area contributed by atoms with Gasteiger partial charge in [0.1, 0.15) is 18.5 Å². The highest BCUT2D eigenvalue weighted by atomic mass is 79.9. The summed E-state index contributed by atoms with van der Waals surface area (Å²) >= 11 is 3.59. The van der Waals surface area contributed by atoms with Gasteiger partial charge in [-0.3, -0.25) is 4.98 Å². The molecule has 0 aliphatic carbocycles. The number of ether oxygens (including phenoxy) is 1. The number of benzene rings is 1. The van der Waals surface area contributed by atoms with E-state index in [1.807, 2.05) is 0 Å². The lowest BCUT2D eigenvalue weighted by Gasteiger charge is -2.38. The molecule has 7 nitrogen and oxygen atoms in total. The lowest BCUT2D eigenvalue weighted by molar-refractivity contribution is 0.0543. The number of hydrogen-bond acceptors (Lipinski definition) is 6. The van der Waals surface area contributed by atoms with Gasteiger partial charge in [0, 0.05) is 29.6 Å². The second-order valence-electron chi connectivity index (χ2n) is 6.36. The summed E-state index contributed by atoms with van der Waals surface area (Å²) in [6, 6.07) is 8.53. The van der Waals surface area contributed by atoms with E-state index >= 15 is 0 Å². The Bertz CT molecular complexity index is 864. The molecule has 0 atom stereocenters. The molecule has 1 fully saturated rings. The molecule has 3 heterocycles. The zero-order valence-corrected chi connectivity index (χ0v) is 15.8. The third-order valence-electron chi connectivity index (χ3n) is 4.77. The van der Waals surface area contributed by atoms with E-state index in [2.05, 4.69) is 65.6 Å². The van der Waals surface area contributed by atoms with Crippen LogP contribution in [0.1, 0.15) is 18.4 Å². The van der Waals surface area contributed by atoms with Crippen LogP contribution in [0.4, 0.5) is 5.82 Å². The lowest BCUT2D eigenvalue weighted by Crippen LogP contribution is -2.40. The summed E-state index contributed by atoms with van der Waals surface area (Å²) in [6.45, 7) is 2.29. The minimum absolute atomic E-state index is 0.00691. The van der Waals surface area contributed by atoms with Gasteiger partial charge in [-0.15, -0.1) is 0 Å². The van der Waals surface area contributed by atoms with Crippen LogP contribution in [0.5, 0.6) is 0 Å². The Balaban J connectivity index is 1.57. The SMILES string of the molecule is Brc1cccc(C2(CNc3cncc(-n4cncn4)n3)CCOCC2)c1. The summed E-state index contributed by atoms with van der Waals surface area (Å²) in [7, 11) is 0. The number of hydrogen-bond donors (Lipinski definition) is 1. The molecular weight excluding hydrogens is 396 g/mol. The monoisotopic (exact) mass is 414 g/mol. The molecule has 1 aliphatic rings. The molecule has 0 saturated carbocycles. The fourth-order valence-electron chi connectivity index (χ4n) is 3.29. The van der Waals surface area contributed by atoms with Gasteiger partial charge in [0.2, 0.25) is 0 Å². The van der Waals surface area contributed by atoms with Crippen LogP contribution in [-0.4, -0.2) is 44.5 Å². The molecule has 1 saturated heterocycles. The van der Waals surface area contributed by atoms with Gasteiger partial charge in [-0.25, -0.2) is 14.6 Å². The van der Waals surface area contributed by atoms with Crippen LogP contribution < -0.4 is 5.32 Å². The maximum Gasteiger partial charge on any atom is 0.175 e. The van der Waals surface area contributed by atoms with E-state index in [1.165, 1.54) is 11.9 Å². The summed E-state index contributed by atoms with van der Waals surface area (Å²) < 4.78 is 8.30. The van der Waals surface area contributed by atoms with Crippen molar-refractivity contribution in [2.45, 2.75) is 18.3 Å². The molecule has 1 aliphatic heterocycles. The summed E-state index contributed by atoms with van der Waals surface area (Å²) in [4.78, 5) is 12.8. The summed E-state index contributed by atoms with van der Waals surface area (Å²) in [5, 5.41) is 7.57. The van der Waals surface area contributed by atoms with Crippen molar-refractivity contribution >= 4 is 21.7 Å². The van der Waals surface area contributed by atoms with Gasteiger partial charge < -0.3 is 10.1 Å². The Morgan fingerprint density at radius 1 is 1.19 bits per heavy atom. The second-order valence-corrected chi connectivity index (χ2v) is 7.27. The highest BCUT2D eigenvalue weighted by molar-refractivity contribution is 9.10. The highest BCUT2D eigenvalue weighted by Crippen LogP contribution is 2.36. The standard InChI is InChI=1S/C18H19BrN6O/c19-15-3-1-2-14(8-15)18(4-6-26-7-5-18)11-22-16-9-20-10-17(24-16)25-13-21-12-23-25/h1-3,8-10,12-13H,4-7,11H2,(H,22,24). The van der Waals surface area contributed by atoms with Crippen LogP contribution in [0, 0.1) is 0 Å². The van der Waals surface area contributed by atoms with Crippen molar-refractivity contribution in [1.29, 1.82) is 0 Å². The van der Waals surface area contributed by atoms with Crippen molar-refractivity contribution in [1.82, 2.24) is 24.7 Å². The number of nitrogens with one attached hydrogen (secondary N) is 1. The predicted molar refractivity (Wildman–Crippen MR) is 101 cm³/mol. The first-order chi connectivity index (χ1) is 12.8. The van der Waals surface area contributed by atoms with Crippen molar-refractivity contribution in [3.8, 4) is 5.82 Å². The zero-order valence-electron chi connectivity index (χ0n) is 14.2. The predicted octanol–water partition coefficient (Wildman–Crippen LogP) is 2.98. The Kier molecular flexibility index (Phi) is 4.94. The molecule has 1 N–H and O–H groups in total.